The molecule has 2 aromatic carbocycles. The van der Waals surface area contributed by atoms with Crippen molar-refractivity contribution in [2.24, 2.45) is 16.5 Å². The number of nitrogens with zero attached hydrogens (tertiary/aromatic N) is 1. The number of nitrogens with one attached hydrogen (secondary N) is 4. The Kier molecular flexibility index (Phi) is 10.1. The van der Waals surface area contributed by atoms with E-state index in [1.807, 2.05) is 5.32 Å². The molecule has 1 aliphatic heterocycles. The second kappa shape index (κ2) is 13.6. The second-order valence-electron chi connectivity index (χ2n) is 9.23. The number of hydrogen-bond acceptors (Lipinski definition) is 8. The Hall–Kier alpha value is -5.60. The molecule has 2 aromatic rings. The summed E-state index contributed by atoms with van der Waals surface area (Å²) in [5.74, 6) is -6.98. The van der Waals surface area contributed by atoms with E-state index in [9.17, 15) is 38.7 Å². The van der Waals surface area contributed by atoms with Gasteiger partial charge in [-0.05, 0) is 31.0 Å². The fourth-order valence-electron chi connectivity index (χ4n) is 4.23. The van der Waals surface area contributed by atoms with Crippen molar-refractivity contribution in [1.82, 2.24) is 21.3 Å². The van der Waals surface area contributed by atoms with Crippen LogP contribution in [0.25, 0.3) is 0 Å². The Labute approximate surface area is 239 Å². The fraction of sp³-hybridized carbons (Fsp3) is 0.259. The molecule has 1 aliphatic rings. The summed E-state index contributed by atoms with van der Waals surface area (Å²) in [6.45, 7) is -0.758. The number of benzene rings is 2. The van der Waals surface area contributed by atoms with Crippen LogP contribution >= 0.6 is 0 Å². The number of ketones is 1. The molecule has 15 heteroatoms. The van der Waals surface area contributed by atoms with E-state index in [1.54, 1.807) is 24.3 Å². The lowest BCUT2D eigenvalue weighted by molar-refractivity contribution is -0.140. The minimum atomic E-state index is -2.11. The third kappa shape index (κ3) is 7.53. The number of nitrogens with two attached hydrogens (primary N) is 2. The third-order valence-electron chi connectivity index (χ3n) is 6.24. The molecule has 0 radical (unpaired) electrons. The molecule has 0 saturated heterocycles. The van der Waals surface area contributed by atoms with Gasteiger partial charge < -0.3 is 32.5 Å². The van der Waals surface area contributed by atoms with Gasteiger partial charge in [0.2, 0.25) is 11.8 Å². The minimum Gasteiger partial charge on any atom is -0.481 e. The van der Waals surface area contributed by atoms with Gasteiger partial charge in [0.05, 0.1) is 18.5 Å². The highest BCUT2D eigenvalue weighted by molar-refractivity contribution is 6.26. The van der Waals surface area contributed by atoms with Crippen LogP contribution in [0.5, 0.6) is 0 Å². The van der Waals surface area contributed by atoms with Gasteiger partial charge in [-0.2, -0.15) is 0 Å². The Morgan fingerprint density at radius 3 is 2.24 bits per heavy atom. The summed E-state index contributed by atoms with van der Waals surface area (Å²) in [6.07, 6.45) is -0.989. The molecule has 0 unspecified atom stereocenters. The highest BCUT2D eigenvalue weighted by Crippen LogP contribution is 2.27. The standard InChI is InChI=1S/C27H29N7O8/c28-26(29)30-12-6-11-27(21(38)16-9-4-5-10-17(16)23(40)34-27)25(42)31-14-19(35)32-18(13-20(36)37)24(41)33-22(39)15-7-2-1-3-8-15/h1-5,7-10,18H,6,11-14H2,(H,31,42)(H,32,35)(H,34,40)(H,36,37)(H4,28,29,30)(H,33,39,41)/t18-,27+/m0/s1. The fourth-order valence-corrected chi connectivity index (χ4v) is 4.23. The number of aliphatic carboxylic acids is 1. The molecule has 42 heavy (non-hydrogen) atoms. The number of carbonyl (C=O) groups excluding carboxylic acids is 6. The second-order valence-corrected chi connectivity index (χ2v) is 9.23. The number of amides is 5. The Bertz CT molecular complexity index is 1440. The number of carboxylic acids is 1. The van der Waals surface area contributed by atoms with Crippen molar-refractivity contribution in [3.05, 3.63) is 71.3 Å². The van der Waals surface area contributed by atoms with Crippen molar-refractivity contribution in [3.63, 3.8) is 0 Å². The summed E-state index contributed by atoms with van der Waals surface area (Å²) in [4.78, 5) is 92.4. The number of fused-ring (bicyclic) bond motifs is 1. The number of imide groups is 1. The molecule has 220 valence electrons. The molecule has 0 fully saturated rings. The van der Waals surface area contributed by atoms with Crippen molar-refractivity contribution in [1.29, 1.82) is 0 Å². The number of hydrogen-bond donors (Lipinski definition) is 7. The van der Waals surface area contributed by atoms with Crippen LogP contribution in [0.1, 0.15) is 50.3 Å². The topological polar surface area (TPSA) is 252 Å². The van der Waals surface area contributed by atoms with Crippen LogP contribution < -0.4 is 32.7 Å². The molecular weight excluding hydrogens is 550 g/mol. The Morgan fingerprint density at radius 2 is 1.60 bits per heavy atom. The van der Waals surface area contributed by atoms with Gasteiger partial charge in [0.25, 0.3) is 17.7 Å². The zero-order chi connectivity index (χ0) is 30.9. The zero-order valence-corrected chi connectivity index (χ0v) is 22.2. The van der Waals surface area contributed by atoms with E-state index < -0.39 is 65.8 Å². The van der Waals surface area contributed by atoms with Gasteiger partial charge in [0.15, 0.2) is 17.3 Å². The molecule has 15 nitrogen and oxygen atoms in total. The number of rotatable bonds is 12. The summed E-state index contributed by atoms with van der Waals surface area (Å²) in [5.41, 5.74) is 8.75. The molecule has 0 aliphatic carbocycles. The molecule has 1 heterocycles. The van der Waals surface area contributed by atoms with Gasteiger partial charge in [0.1, 0.15) is 6.04 Å². The Balaban J connectivity index is 1.73. The van der Waals surface area contributed by atoms with E-state index >= 15 is 0 Å². The van der Waals surface area contributed by atoms with Gasteiger partial charge in [-0.3, -0.25) is 43.9 Å². The van der Waals surface area contributed by atoms with Crippen molar-refractivity contribution in [2.45, 2.75) is 30.8 Å². The number of Topliss-reactive ketones (excluding diaryl/α,β-unsaturated/α-hetero) is 1. The van der Waals surface area contributed by atoms with Crippen LogP contribution in [-0.2, 0) is 19.2 Å². The monoisotopic (exact) mass is 579 g/mol. The summed E-state index contributed by atoms with van der Waals surface area (Å²) < 4.78 is 0. The van der Waals surface area contributed by atoms with E-state index in [0.717, 1.165) is 0 Å². The van der Waals surface area contributed by atoms with E-state index in [2.05, 4.69) is 20.9 Å². The molecule has 0 saturated carbocycles. The van der Waals surface area contributed by atoms with Gasteiger partial charge >= 0.3 is 5.97 Å². The first-order valence-electron chi connectivity index (χ1n) is 12.7. The van der Waals surface area contributed by atoms with E-state index in [1.165, 1.54) is 30.3 Å². The maximum atomic E-state index is 13.5. The van der Waals surface area contributed by atoms with E-state index in [-0.39, 0.29) is 42.0 Å². The number of carboxylic acid groups (broad SMARTS) is 1. The van der Waals surface area contributed by atoms with Crippen LogP contribution in [0.15, 0.2) is 59.6 Å². The third-order valence-corrected chi connectivity index (χ3v) is 6.24. The van der Waals surface area contributed by atoms with Gasteiger partial charge in [-0.1, -0.05) is 36.4 Å². The zero-order valence-electron chi connectivity index (χ0n) is 22.2. The first kappa shape index (κ1) is 30.9. The van der Waals surface area contributed by atoms with Crippen molar-refractivity contribution in [3.8, 4) is 0 Å². The molecule has 0 spiro atoms. The lowest BCUT2D eigenvalue weighted by Crippen LogP contribution is -2.66. The number of carbonyl (C=O) groups is 7. The molecule has 0 aromatic heterocycles. The van der Waals surface area contributed by atoms with E-state index in [0.29, 0.717) is 0 Å². The van der Waals surface area contributed by atoms with Gasteiger partial charge in [0, 0.05) is 17.7 Å². The van der Waals surface area contributed by atoms with Crippen molar-refractivity contribution < 1.29 is 38.7 Å². The van der Waals surface area contributed by atoms with Crippen LogP contribution in [0.4, 0.5) is 0 Å². The summed E-state index contributed by atoms with van der Waals surface area (Å²) in [7, 11) is 0. The quantitative estimate of drug-likeness (QED) is 0.0658. The largest absolute Gasteiger partial charge is 0.481 e. The minimum absolute atomic E-state index is 0.00367. The van der Waals surface area contributed by atoms with E-state index in [4.69, 9.17) is 11.5 Å². The molecule has 5 amide bonds. The Morgan fingerprint density at radius 1 is 0.952 bits per heavy atom. The van der Waals surface area contributed by atoms with Crippen LogP contribution in [-0.4, -0.2) is 77.0 Å². The summed E-state index contributed by atoms with van der Waals surface area (Å²) in [5, 5.41) is 18.1. The van der Waals surface area contributed by atoms with Crippen molar-refractivity contribution in [2.75, 3.05) is 13.1 Å². The van der Waals surface area contributed by atoms with Gasteiger partial charge in [-0.25, -0.2) is 0 Å². The normalized spacial score (nSPS) is 16.2. The maximum Gasteiger partial charge on any atom is 0.305 e. The molecule has 0 bridgehead atoms. The lowest BCUT2D eigenvalue weighted by atomic mass is 9.79. The predicted octanol–water partition coefficient (Wildman–Crippen LogP) is -1.56. The SMILES string of the molecule is NC(N)=NCCC[C@@]1(C(=O)NCC(=O)N[C@@H](CC(=O)O)C(=O)NC(=O)c2ccccc2)NC(=O)c2ccccc2C1=O. The molecular formula is C27H29N7O8. The molecule has 9 N–H and O–H groups in total. The van der Waals surface area contributed by atoms with Crippen LogP contribution in [0, 0.1) is 0 Å². The van der Waals surface area contributed by atoms with Gasteiger partial charge in [-0.15, -0.1) is 0 Å². The average molecular weight is 580 g/mol. The van der Waals surface area contributed by atoms with Crippen molar-refractivity contribution >= 4 is 47.2 Å². The first-order valence-corrected chi connectivity index (χ1v) is 12.7. The number of guanidine groups is 1. The average Bonchev–Trinajstić information content (AvgIpc) is 2.96. The van der Waals surface area contributed by atoms with Crippen LogP contribution in [0.3, 0.4) is 0 Å². The predicted molar refractivity (Wildman–Crippen MR) is 147 cm³/mol. The lowest BCUT2D eigenvalue weighted by Gasteiger charge is -2.36. The summed E-state index contributed by atoms with van der Waals surface area (Å²) in [6, 6.07) is 11.9. The molecule has 2 atom stereocenters. The highest BCUT2D eigenvalue weighted by Gasteiger charge is 2.51. The smallest absolute Gasteiger partial charge is 0.305 e. The van der Waals surface area contributed by atoms with Crippen LogP contribution in [0.2, 0.25) is 0 Å². The first-order chi connectivity index (χ1) is 19.9. The number of aliphatic imine (C=N–C) groups is 1. The highest BCUT2D eigenvalue weighted by atomic mass is 16.4. The maximum absolute atomic E-state index is 13.5. The summed E-state index contributed by atoms with van der Waals surface area (Å²) >= 11 is 0. The molecule has 3 rings (SSSR count).